The molecular weight excluding hydrogens is 200 g/mol. The molecule has 2 heteroatoms. The van der Waals surface area contributed by atoms with Crippen LogP contribution in [0.3, 0.4) is 0 Å². The van der Waals surface area contributed by atoms with Crippen LogP contribution in [0.25, 0.3) is 0 Å². The summed E-state index contributed by atoms with van der Waals surface area (Å²) in [4.78, 5) is 11.6. The number of carbonyl (C=O) groups excluding carboxylic acids is 1. The summed E-state index contributed by atoms with van der Waals surface area (Å²) < 4.78 is 5.27. The maximum Gasteiger partial charge on any atom is 0.306 e. The smallest absolute Gasteiger partial charge is 0.306 e. The van der Waals surface area contributed by atoms with Gasteiger partial charge in [-0.1, -0.05) is 38.5 Å². The highest BCUT2D eigenvalue weighted by Crippen LogP contribution is 2.33. The summed E-state index contributed by atoms with van der Waals surface area (Å²) in [5.41, 5.74) is 0. The molecule has 1 saturated heterocycles. The van der Waals surface area contributed by atoms with Gasteiger partial charge in [-0.25, -0.2) is 0 Å². The Morgan fingerprint density at radius 1 is 0.875 bits per heavy atom. The number of rotatable bonds is 0. The highest BCUT2D eigenvalue weighted by molar-refractivity contribution is 5.69. The second-order valence-corrected chi connectivity index (χ2v) is 5.53. The van der Waals surface area contributed by atoms with Crippen molar-refractivity contribution in [3.63, 3.8) is 0 Å². The molecule has 2 fully saturated rings. The molecule has 2 nitrogen and oxygen atoms in total. The molecule has 2 aliphatic rings. The predicted octanol–water partition coefficient (Wildman–Crippen LogP) is 3.69. The normalized spacial score (nSPS) is 33.4. The van der Waals surface area contributed by atoms with E-state index in [9.17, 15) is 4.79 Å². The molecule has 16 heavy (non-hydrogen) atoms. The quantitative estimate of drug-likeness (QED) is 0.587. The Bertz CT molecular complexity index is 225. The van der Waals surface area contributed by atoms with Crippen molar-refractivity contribution in [1.29, 1.82) is 0 Å². The summed E-state index contributed by atoms with van der Waals surface area (Å²) in [6.07, 6.45) is 12.3. The van der Waals surface area contributed by atoms with E-state index in [0.29, 0.717) is 18.9 Å². The van der Waals surface area contributed by atoms with E-state index in [1.807, 2.05) is 0 Å². The third kappa shape index (κ3) is 3.80. The highest BCUT2D eigenvalue weighted by Gasteiger charge is 2.23. The van der Waals surface area contributed by atoms with Gasteiger partial charge in [0.2, 0.25) is 0 Å². The Morgan fingerprint density at radius 3 is 2.38 bits per heavy atom. The summed E-state index contributed by atoms with van der Waals surface area (Å²) in [5.74, 6) is 1.55. The van der Waals surface area contributed by atoms with Gasteiger partial charge in [-0.05, 0) is 31.1 Å². The van der Waals surface area contributed by atoms with Crippen LogP contribution in [0.15, 0.2) is 0 Å². The third-order valence-corrected chi connectivity index (χ3v) is 4.12. The number of cyclic esters (lactones) is 1. The van der Waals surface area contributed by atoms with Gasteiger partial charge in [-0.2, -0.15) is 0 Å². The molecule has 0 aromatic rings. The molecular formula is C14H24O2. The molecule has 1 aliphatic carbocycles. The minimum Gasteiger partial charge on any atom is -0.466 e. The van der Waals surface area contributed by atoms with Crippen LogP contribution in [0.4, 0.5) is 0 Å². The fraction of sp³-hybridized carbons (Fsp3) is 0.929. The molecule has 0 aromatic carbocycles. The number of hydrogen-bond donors (Lipinski definition) is 0. The van der Waals surface area contributed by atoms with E-state index in [1.54, 1.807) is 0 Å². The van der Waals surface area contributed by atoms with Crippen molar-refractivity contribution in [2.45, 2.75) is 64.2 Å². The number of ether oxygens (including phenoxy) is 1. The molecule has 0 amide bonds. The first-order valence-electron chi connectivity index (χ1n) is 7.00. The van der Waals surface area contributed by atoms with E-state index in [4.69, 9.17) is 4.74 Å². The number of esters is 1. The van der Waals surface area contributed by atoms with E-state index in [-0.39, 0.29) is 5.97 Å². The third-order valence-electron chi connectivity index (χ3n) is 4.12. The molecule has 0 N–H and O–H groups in total. The van der Waals surface area contributed by atoms with Gasteiger partial charge in [0.25, 0.3) is 0 Å². The molecule has 2 atom stereocenters. The molecule has 2 rings (SSSR count). The van der Waals surface area contributed by atoms with Crippen LogP contribution in [0.1, 0.15) is 64.2 Å². The van der Waals surface area contributed by atoms with E-state index < -0.39 is 0 Å². The van der Waals surface area contributed by atoms with Crippen LogP contribution >= 0.6 is 0 Å². The maximum atomic E-state index is 11.6. The zero-order valence-electron chi connectivity index (χ0n) is 10.2. The van der Waals surface area contributed by atoms with Crippen LogP contribution in [-0.4, -0.2) is 12.6 Å². The summed E-state index contributed by atoms with van der Waals surface area (Å²) in [6, 6.07) is 0. The number of hydrogen-bond acceptors (Lipinski definition) is 2. The average molecular weight is 224 g/mol. The molecule has 0 spiro atoms. The van der Waals surface area contributed by atoms with Gasteiger partial charge in [0.1, 0.15) is 0 Å². The molecule has 0 radical (unpaired) electrons. The number of fused-ring (bicyclic) bond motifs is 2. The Labute approximate surface area is 98.7 Å². The van der Waals surface area contributed by atoms with Gasteiger partial charge in [0.05, 0.1) is 6.61 Å². The Hall–Kier alpha value is -0.530. The van der Waals surface area contributed by atoms with Crippen molar-refractivity contribution in [2.24, 2.45) is 11.8 Å². The van der Waals surface area contributed by atoms with Crippen molar-refractivity contribution in [3.05, 3.63) is 0 Å². The first-order valence-corrected chi connectivity index (χ1v) is 7.00. The molecule has 0 unspecified atom stereocenters. The maximum absolute atomic E-state index is 11.6. The minimum atomic E-state index is 0.0487. The lowest BCUT2D eigenvalue weighted by Crippen LogP contribution is -2.13. The first-order chi connectivity index (χ1) is 7.84. The van der Waals surface area contributed by atoms with Crippen LogP contribution in [-0.2, 0) is 9.53 Å². The number of carbonyl (C=O) groups is 1. The van der Waals surface area contributed by atoms with Gasteiger partial charge in [-0.15, -0.1) is 0 Å². The molecule has 2 bridgehead atoms. The summed E-state index contributed by atoms with van der Waals surface area (Å²) >= 11 is 0. The largest absolute Gasteiger partial charge is 0.466 e. The fourth-order valence-electron chi connectivity index (χ4n) is 3.21. The van der Waals surface area contributed by atoms with Crippen molar-refractivity contribution in [3.8, 4) is 0 Å². The van der Waals surface area contributed by atoms with Crippen LogP contribution in [0.2, 0.25) is 0 Å². The van der Waals surface area contributed by atoms with Crippen molar-refractivity contribution in [1.82, 2.24) is 0 Å². The van der Waals surface area contributed by atoms with E-state index in [0.717, 1.165) is 12.3 Å². The SMILES string of the molecule is O=C1C[C@H]2CCCC[C@H](CCCCCO1)C2. The van der Waals surface area contributed by atoms with Crippen LogP contribution in [0, 0.1) is 11.8 Å². The lowest BCUT2D eigenvalue weighted by molar-refractivity contribution is -0.145. The lowest BCUT2D eigenvalue weighted by Gasteiger charge is -2.18. The standard InChI is InChI=1S/C14H24O2/c15-14-11-13-8-4-3-7-12(10-13)6-2-1-5-9-16-14/h12-13H,1-11H2/t12-,13-/m0/s1. The predicted molar refractivity (Wildman–Crippen MR) is 64.1 cm³/mol. The summed E-state index contributed by atoms with van der Waals surface area (Å²) in [5, 5.41) is 0. The fourth-order valence-corrected chi connectivity index (χ4v) is 3.21. The van der Waals surface area contributed by atoms with E-state index >= 15 is 0 Å². The Morgan fingerprint density at radius 2 is 1.56 bits per heavy atom. The van der Waals surface area contributed by atoms with Crippen molar-refractivity contribution >= 4 is 5.97 Å². The van der Waals surface area contributed by atoms with Crippen LogP contribution < -0.4 is 0 Å². The Kier molecular flexibility index (Phi) is 4.68. The zero-order chi connectivity index (χ0) is 11.2. The van der Waals surface area contributed by atoms with Gasteiger partial charge >= 0.3 is 5.97 Å². The van der Waals surface area contributed by atoms with Gasteiger partial charge in [0, 0.05) is 6.42 Å². The van der Waals surface area contributed by atoms with Gasteiger partial charge in [-0.3, -0.25) is 4.79 Å². The zero-order valence-corrected chi connectivity index (χ0v) is 10.2. The molecule has 92 valence electrons. The molecule has 1 heterocycles. The monoisotopic (exact) mass is 224 g/mol. The van der Waals surface area contributed by atoms with Crippen LogP contribution in [0.5, 0.6) is 0 Å². The highest BCUT2D eigenvalue weighted by atomic mass is 16.5. The summed E-state index contributed by atoms with van der Waals surface area (Å²) in [7, 11) is 0. The Balaban J connectivity index is 1.94. The van der Waals surface area contributed by atoms with E-state index in [1.165, 1.54) is 51.4 Å². The second-order valence-electron chi connectivity index (χ2n) is 5.53. The van der Waals surface area contributed by atoms with E-state index in [2.05, 4.69) is 0 Å². The average Bonchev–Trinajstić information content (AvgIpc) is 2.49. The topological polar surface area (TPSA) is 26.3 Å². The van der Waals surface area contributed by atoms with Gasteiger partial charge < -0.3 is 4.74 Å². The first kappa shape index (κ1) is 11.9. The van der Waals surface area contributed by atoms with Crippen molar-refractivity contribution in [2.75, 3.05) is 6.61 Å². The van der Waals surface area contributed by atoms with Crippen molar-refractivity contribution < 1.29 is 9.53 Å². The second kappa shape index (κ2) is 6.27. The molecule has 1 saturated carbocycles. The molecule has 0 aromatic heterocycles. The summed E-state index contributed by atoms with van der Waals surface area (Å²) in [6.45, 7) is 0.649. The minimum absolute atomic E-state index is 0.0487. The lowest BCUT2D eigenvalue weighted by atomic mass is 9.88. The van der Waals surface area contributed by atoms with Gasteiger partial charge in [0.15, 0.2) is 0 Å². The molecule has 1 aliphatic heterocycles.